The van der Waals surface area contributed by atoms with Crippen LogP contribution in [0, 0.1) is 17.8 Å². The van der Waals surface area contributed by atoms with E-state index in [-0.39, 0.29) is 0 Å². The maximum atomic E-state index is 10.5. The van der Waals surface area contributed by atoms with E-state index in [1.807, 2.05) is 18.2 Å². The van der Waals surface area contributed by atoms with Crippen LogP contribution in [0.2, 0.25) is 0 Å². The van der Waals surface area contributed by atoms with E-state index >= 15 is 0 Å². The molecule has 3 saturated heterocycles. The van der Waals surface area contributed by atoms with Gasteiger partial charge in [0.05, 0.1) is 6.42 Å². The number of hydrogen-bond acceptors (Lipinski definition) is 9. The first-order valence-corrected chi connectivity index (χ1v) is 12.4. The monoisotopic (exact) mass is 503 g/mol. The van der Waals surface area contributed by atoms with Crippen molar-refractivity contribution in [1.29, 1.82) is 0 Å². The van der Waals surface area contributed by atoms with Gasteiger partial charge in [-0.1, -0.05) is 46.8 Å². The quantitative estimate of drug-likeness (QED) is 0.489. The Bertz CT molecular complexity index is 1030. The van der Waals surface area contributed by atoms with Crippen molar-refractivity contribution in [2.75, 3.05) is 19.6 Å². The number of carbonyl (C=O) groups is 3. The Morgan fingerprint density at radius 1 is 1.06 bits per heavy atom. The molecule has 3 atom stereocenters. The van der Waals surface area contributed by atoms with Crippen LogP contribution in [0.3, 0.4) is 0 Å². The molecule has 3 unspecified atom stereocenters. The van der Waals surface area contributed by atoms with Gasteiger partial charge in [0.15, 0.2) is 10.6 Å². The third-order valence-corrected chi connectivity index (χ3v) is 7.61. The van der Waals surface area contributed by atoms with E-state index in [0.29, 0.717) is 17.9 Å². The van der Waals surface area contributed by atoms with Crippen LogP contribution in [0.15, 0.2) is 30.3 Å². The van der Waals surface area contributed by atoms with E-state index < -0.39 is 36.2 Å². The molecule has 0 spiro atoms. The van der Waals surface area contributed by atoms with Crippen molar-refractivity contribution in [2.45, 2.75) is 44.3 Å². The summed E-state index contributed by atoms with van der Waals surface area (Å²) >= 11 is 1.57. The highest BCUT2D eigenvalue weighted by Gasteiger charge is 2.49. The molecule has 1 aromatic heterocycles. The minimum Gasteiger partial charge on any atom is -0.481 e. The SMILES string of the molecule is CC(=O)CC(O)(CC(=O)O)C(=O)O.c1ccc(-c2nnc(OC3C4CC5CC3CN(C5)C4)s2)cc1. The molecular formula is C24H29N3O7S. The lowest BCUT2D eigenvalue weighted by molar-refractivity contribution is -0.167. The van der Waals surface area contributed by atoms with Crippen molar-refractivity contribution >= 4 is 29.1 Å². The number of nitrogens with zero attached hydrogens (tertiary/aromatic N) is 3. The highest BCUT2D eigenvalue weighted by molar-refractivity contribution is 7.16. The minimum absolute atomic E-state index is 0.351. The predicted octanol–water partition coefficient (Wildman–Crippen LogP) is 2.18. The lowest BCUT2D eigenvalue weighted by Gasteiger charge is -2.54. The summed E-state index contributed by atoms with van der Waals surface area (Å²) in [6.45, 7) is 4.82. The normalized spacial score (nSPS) is 27.9. The third-order valence-electron chi connectivity index (χ3n) is 6.75. The van der Waals surface area contributed by atoms with E-state index in [0.717, 1.165) is 28.6 Å². The number of piperidine rings is 3. The van der Waals surface area contributed by atoms with Crippen LogP contribution in [-0.4, -0.2) is 79.5 Å². The first-order valence-electron chi connectivity index (χ1n) is 11.6. The van der Waals surface area contributed by atoms with Gasteiger partial charge >= 0.3 is 11.9 Å². The maximum Gasteiger partial charge on any atom is 0.336 e. The van der Waals surface area contributed by atoms with Crippen LogP contribution in [0.1, 0.15) is 32.6 Å². The topological polar surface area (TPSA) is 150 Å². The van der Waals surface area contributed by atoms with Gasteiger partial charge in [-0.2, -0.15) is 0 Å². The lowest BCUT2D eigenvalue weighted by atomic mass is 9.66. The third kappa shape index (κ3) is 6.03. The number of ketones is 1. The molecule has 4 fully saturated rings. The summed E-state index contributed by atoms with van der Waals surface area (Å²) in [5, 5.41) is 36.2. The molecule has 4 aliphatic rings. The van der Waals surface area contributed by atoms with Gasteiger partial charge in [-0.3, -0.25) is 9.59 Å². The molecule has 4 heterocycles. The van der Waals surface area contributed by atoms with Gasteiger partial charge < -0.3 is 25.0 Å². The van der Waals surface area contributed by atoms with E-state index in [9.17, 15) is 19.5 Å². The van der Waals surface area contributed by atoms with Crippen LogP contribution < -0.4 is 4.74 Å². The number of aliphatic hydroxyl groups is 1. The molecule has 1 saturated carbocycles. The van der Waals surface area contributed by atoms with Gasteiger partial charge in [0.25, 0.3) is 5.19 Å². The molecule has 1 aliphatic carbocycles. The summed E-state index contributed by atoms with van der Waals surface area (Å²) in [6, 6.07) is 10.2. The number of ether oxygens (including phenoxy) is 1. The van der Waals surface area contributed by atoms with Gasteiger partial charge in [-0.05, 0) is 25.7 Å². The number of carboxylic acids is 2. The molecule has 2 aromatic rings. The first kappa shape index (κ1) is 25.2. The number of carbonyl (C=O) groups excluding carboxylic acids is 1. The molecule has 3 N–H and O–H groups in total. The Balaban J connectivity index is 0.000000193. The van der Waals surface area contributed by atoms with Gasteiger partial charge in [0.1, 0.15) is 11.9 Å². The van der Waals surface area contributed by atoms with Gasteiger partial charge in [0.2, 0.25) is 0 Å². The van der Waals surface area contributed by atoms with Gasteiger partial charge in [-0.25, -0.2) is 4.79 Å². The standard InChI is InChI=1S/C17H19N3OS.C7H10O6/c1-2-4-12(5-3-1)16-18-19-17(22-16)21-15-13-6-11-7-14(15)10-20(8-11)9-13;1-4(8)2-7(13,6(11)12)3-5(9)10/h1-5,11,13-15H,6-10H2;13H,2-3H2,1H3,(H,9,10)(H,11,12). The van der Waals surface area contributed by atoms with Crippen LogP contribution in [0.25, 0.3) is 10.6 Å². The Hall–Kier alpha value is -2.89. The Morgan fingerprint density at radius 2 is 1.71 bits per heavy atom. The summed E-state index contributed by atoms with van der Waals surface area (Å²) in [5.74, 6) is -1.46. The molecular weight excluding hydrogens is 474 g/mol. The number of carboxylic acid groups (broad SMARTS) is 2. The predicted molar refractivity (Wildman–Crippen MR) is 126 cm³/mol. The number of rotatable bonds is 8. The zero-order valence-electron chi connectivity index (χ0n) is 19.4. The molecule has 10 nitrogen and oxygen atoms in total. The Morgan fingerprint density at radius 3 is 2.26 bits per heavy atom. The molecule has 188 valence electrons. The Kier molecular flexibility index (Phi) is 7.48. The van der Waals surface area contributed by atoms with Crippen molar-refractivity contribution in [2.24, 2.45) is 17.8 Å². The summed E-state index contributed by atoms with van der Waals surface area (Å²) < 4.78 is 6.31. The largest absolute Gasteiger partial charge is 0.481 e. The average Bonchev–Trinajstić information content (AvgIpc) is 3.24. The highest BCUT2D eigenvalue weighted by atomic mass is 32.1. The minimum atomic E-state index is -2.49. The van der Waals surface area contributed by atoms with E-state index in [4.69, 9.17) is 14.9 Å². The van der Waals surface area contributed by atoms with Crippen molar-refractivity contribution < 1.29 is 34.4 Å². The number of benzene rings is 1. The molecule has 1 aromatic carbocycles. The maximum absolute atomic E-state index is 10.5. The fourth-order valence-corrected chi connectivity index (χ4v) is 6.24. The molecule has 4 bridgehead atoms. The smallest absolute Gasteiger partial charge is 0.336 e. The lowest BCUT2D eigenvalue weighted by Crippen LogP contribution is -2.61. The van der Waals surface area contributed by atoms with Crippen LogP contribution in [0.5, 0.6) is 5.19 Å². The summed E-state index contributed by atoms with van der Waals surface area (Å²) in [5.41, 5.74) is -1.37. The number of aromatic nitrogens is 2. The van der Waals surface area contributed by atoms with Gasteiger partial charge in [-0.15, -0.1) is 5.10 Å². The zero-order chi connectivity index (χ0) is 25.2. The second-order valence-corrected chi connectivity index (χ2v) is 10.6. The second-order valence-electron chi connectivity index (χ2n) is 9.68. The Labute approximate surface area is 206 Å². The fraction of sp³-hybridized carbons (Fsp3) is 0.542. The van der Waals surface area contributed by atoms with E-state index in [2.05, 4.69) is 27.2 Å². The molecule has 0 radical (unpaired) electrons. The van der Waals surface area contributed by atoms with E-state index in [1.54, 1.807) is 11.3 Å². The molecule has 6 rings (SSSR count). The first-order chi connectivity index (χ1) is 16.6. The summed E-state index contributed by atoms with van der Waals surface area (Å²) in [4.78, 5) is 33.7. The molecule has 11 heteroatoms. The van der Waals surface area contributed by atoms with Crippen molar-refractivity contribution in [1.82, 2.24) is 15.1 Å². The zero-order valence-corrected chi connectivity index (χ0v) is 20.2. The van der Waals surface area contributed by atoms with Crippen LogP contribution >= 0.6 is 11.3 Å². The number of aliphatic carboxylic acids is 2. The number of hydrogen-bond donors (Lipinski definition) is 3. The summed E-state index contributed by atoms with van der Waals surface area (Å²) in [6.07, 6.45) is 1.34. The number of Topliss-reactive ketones (excluding diaryl/α,β-unsaturated/α-hetero) is 1. The molecule has 0 amide bonds. The second kappa shape index (κ2) is 10.4. The average molecular weight is 504 g/mol. The summed E-state index contributed by atoms with van der Waals surface area (Å²) in [7, 11) is 0. The van der Waals surface area contributed by atoms with Crippen molar-refractivity contribution in [3.8, 4) is 15.8 Å². The molecule has 35 heavy (non-hydrogen) atoms. The van der Waals surface area contributed by atoms with E-state index in [1.165, 1.54) is 32.5 Å². The fourth-order valence-electron chi connectivity index (χ4n) is 5.50. The van der Waals surface area contributed by atoms with Crippen molar-refractivity contribution in [3.63, 3.8) is 0 Å². The molecule has 3 aliphatic heterocycles. The highest BCUT2D eigenvalue weighted by Crippen LogP contribution is 2.45. The van der Waals surface area contributed by atoms with Crippen LogP contribution in [0.4, 0.5) is 0 Å². The van der Waals surface area contributed by atoms with Crippen molar-refractivity contribution in [3.05, 3.63) is 30.3 Å². The van der Waals surface area contributed by atoms with Gasteiger partial charge in [0, 0.05) is 43.5 Å². The van der Waals surface area contributed by atoms with Crippen LogP contribution in [-0.2, 0) is 14.4 Å².